The van der Waals surface area contributed by atoms with Crippen LogP contribution in [0.15, 0.2) is 18.2 Å². The molecule has 0 saturated heterocycles. The number of carbonyl (C=O) groups is 2. The minimum atomic E-state index is -0.656. The second-order valence-corrected chi connectivity index (χ2v) is 5.47. The molecular formula is C16H22ClFN2O2. The molecule has 22 heavy (non-hydrogen) atoms. The van der Waals surface area contributed by atoms with Crippen molar-refractivity contribution in [3.8, 4) is 0 Å². The van der Waals surface area contributed by atoms with Crippen molar-refractivity contribution < 1.29 is 14.0 Å². The molecule has 0 aliphatic carbocycles. The average Bonchev–Trinajstić information content (AvgIpc) is 2.45. The van der Waals surface area contributed by atoms with Gasteiger partial charge in [-0.05, 0) is 18.6 Å². The zero-order chi connectivity index (χ0) is 16.5. The number of rotatable bonds is 8. The number of nitrogens with zero attached hydrogens (tertiary/aromatic N) is 1. The minimum absolute atomic E-state index is 0.0331. The second-order valence-electron chi connectivity index (χ2n) is 5.07. The molecule has 0 heterocycles. The topological polar surface area (TPSA) is 49.4 Å². The molecule has 0 radical (unpaired) electrons. The quantitative estimate of drug-likeness (QED) is 0.745. The summed E-state index contributed by atoms with van der Waals surface area (Å²) in [5.41, 5.74) is -0.162. The monoisotopic (exact) mass is 328 g/mol. The number of benzene rings is 1. The second kappa shape index (κ2) is 9.41. The molecule has 122 valence electrons. The van der Waals surface area contributed by atoms with Gasteiger partial charge in [-0.1, -0.05) is 37.4 Å². The molecule has 0 fully saturated rings. The van der Waals surface area contributed by atoms with E-state index in [4.69, 9.17) is 11.6 Å². The molecule has 1 rings (SSSR count). The average molecular weight is 329 g/mol. The first-order chi connectivity index (χ1) is 10.5. The van der Waals surface area contributed by atoms with E-state index in [1.54, 1.807) is 4.90 Å². The first-order valence-corrected chi connectivity index (χ1v) is 7.82. The van der Waals surface area contributed by atoms with E-state index >= 15 is 0 Å². The van der Waals surface area contributed by atoms with Crippen LogP contribution in [-0.2, 0) is 4.79 Å². The molecule has 0 unspecified atom stereocenters. The molecule has 1 aromatic carbocycles. The summed E-state index contributed by atoms with van der Waals surface area (Å²) in [6.45, 7) is 4.92. The Balaban J connectivity index is 2.51. The smallest absolute Gasteiger partial charge is 0.255 e. The number of hydrogen-bond acceptors (Lipinski definition) is 2. The first kappa shape index (κ1) is 18.4. The summed E-state index contributed by atoms with van der Waals surface area (Å²) in [6.07, 6.45) is 3.07. The third-order valence-corrected chi connectivity index (χ3v) is 3.65. The highest BCUT2D eigenvalue weighted by atomic mass is 35.5. The van der Waals surface area contributed by atoms with Gasteiger partial charge < -0.3 is 10.2 Å². The van der Waals surface area contributed by atoms with E-state index in [-0.39, 0.29) is 23.0 Å². The Morgan fingerprint density at radius 2 is 2.00 bits per heavy atom. The van der Waals surface area contributed by atoms with Crippen molar-refractivity contribution in [1.82, 2.24) is 10.2 Å². The lowest BCUT2D eigenvalue weighted by molar-refractivity contribution is -0.128. The maximum absolute atomic E-state index is 13.6. The molecule has 0 saturated carbocycles. The van der Waals surface area contributed by atoms with Crippen LogP contribution in [0.5, 0.6) is 0 Å². The number of halogens is 2. The Kier molecular flexibility index (Phi) is 7.88. The van der Waals surface area contributed by atoms with E-state index in [9.17, 15) is 14.0 Å². The predicted molar refractivity (Wildman–Crippen MR) is 85.5 cm³/mol. The molecule has 1 aromatic rings. The highest BCUT2D eigenvalue weighted by Gasteiger charge is 2.16. The summed E-state index contributed by atoms with van der Waals surface area (Å²) in [5.74, 6) is -1.26. The Labute approximate surface area is 135 Å². The highest BCUT2D eigenvalue weighted by molar-refractivity contribution is 6.33. The molecule has 6 heteroatoms. The Morgan fingerprint density at radius 1 is 1.27 bits per heavy atom. The fourth-order valence-electron chi connectivity index (χ4n) is 2.09. The molecule has 0 atom stereocenters. The summed E-state index contributed by atoms with van der Waals surface area (Å²) in [6, 6.07) is 4.10. The van der Waals surface area contributed by atoms with Gasteiger partial charge in [0.1, 0.15) is 5.82 Å². The van der Waals surface area contributed by atoms with Crippen molar-refractivity contribution in [1.29, 1.82) is 0 Å². The molecule has 0 aromatic heterocycles. The molecule has 1 N–H and O–H groups in total. The maximum Gasteiger partial charge on any atom is 0.255 e. The molecule has 0 spiro atoms. The summed E-state index contributed by atoms with van der Waals surface area (Å²) < 4.78 is 13.6. The van der Waals surface area contributed by atoms with E-state index in [0.717, 1.165) is 19.3 Å². The fourth-order valence-corrected chi connectivity index (χ4v) is 2.34. The molecule has 0 bridgehead atoms. The van der Waals surface area contributed by atoms with Gasteiger partial charge in [0.15, 0.2) is 0 Å². The zero-order valence-corrected chi connectivity index (χ0v) is 13.8. The van der Waals surface area contributed by atoms with E-state index in [2.05, 4.69) is 12.2 Å². The fraction of sp³-hybridized carbons (Fsp3) is 0.500. The lowest BCUT2D eigenvalue weighted by Crippen LogP contribution is -2.38. The van der Waals surface area contributed by atoms with Crippen molar-refractivity contribution in [2.24, 2.45) is 0 Å². The van der Waals surface area contributed by atoms with Crippen molar-refractivity contribution in [3.05, 3.63) is 34.6 Å². The first-order valence-electron chi connectivity index (χ1n) is 7.45. The minimum Gasteiger partial charge on any atom is -0.350 e. The lowest BCUT2D eigenvalue weighted by Gasteiger charge is -2.21. The van der Waals surface area contributed by atoms with Crippen LogP contribution in [0.1, 0.15) is 43.5 Å². The SMILES string of the molecule is CCCCCN(CCNC(=O)c1c(F)cccc1Cl)C(C)=O. The van der Waals surface area contributed by atoms with Crippen molar-refractivity contribution in [2.45, 2.75) is 33.1 Å². The number of unbranched alkanes of at least 4 members (excludes halogenated alkanes) is 2. The van der Waals surface area contributed by atoms with Crippen molar-refractivity contribution in [2.75, 3.05) is 19.6 Å². The van der Waals surface area contributed by atoms with E-state index in [1.165, 1.54) is 25.1 Å². The molecule has 4 nitrogen and oxygen atoms in total. The van der Waals surface area contributed by atoms with Gasteiger partial charge in [0.25, 0.3) is 5.91 Å². The maximum atomic E-state index is 13.6. The molecule has 0 aliphatic heterocycles. The van der Waals surface area contributed by atoms with Crippen LogP contribution in [0.25, 0.3) is 0 Å². The highest BCUT2D eigenvalue weighted by Crippen LogP contribution is 2.18. The normalized spacial score (nSPS) is 10.4. The van der Waals surface area contributed by atoms with Crippen LogP contribution in [0, 0.1) is 5.82 Å². The predicted octanol–water partition coefficient (Wildman–Crippen LogP) is 3.25. The number of amides is 2. The van der Waals surface area contributed by atoms with Crippen LogP contribution < -0.4 is 5.32 Å². The van der Waals surface area contributed by atoms with Crippen LogP contribution in [0.3, 0.4) is 0 Å². The van der Waals surface area contributed by atoms with Gasteiger partial charge >= 0.3 is 0 Å². The Hall–Kier alpha value is -1.62. The van der Waals surface area contributed by atoms with Crippen LogP contribution >= 0.6 is 11.6 Å². The van der Waals surface area contributed by atoms with Gasteiger partial charge in [-0.25, -0.2) is 4.39 Å². The van der Waals surface area contributed by atoms with Crippen LogP contribution in [0.2, 0.25) is 5.02 Å². The number of nitrogens with one attached hydrogen (secondary N) is 1. The summed E-state index contributed by atoms with van der Waals surface area (Å²) in [5, 5.41) is 2.67. The Bertz CT molecular complexity index is 503. The summed E-state index contributed by atoms with van der Waals surface area (Å²) in [7, 11) is 0. The van der Waals surface area contributed by atoms with Gasteiger partial charge in [-0.3, -0.25) is 9.59 Å². The molecule has 2 amide bonds. The van der Waals surface area contributed by atoms with Crippen molar-refractivity contribution >= 4 is 23.4 Å². The zero-order valence-electron chi connectivity index (χ0n) is 13.0. The summed E-state index contributed by atoms with van der Waals surface area (Å²) in [4.78, 5) is 25.2. The van der Waals surface area contributed by atoms with Gasteiger partial charge in [-0.2, -0.15) is 0 Å². The number of carbonyl (C=O) groups excluding carboxylic acids is 2. The number of hydrogen-bond donors (Lipinski definition) is 1. The largest absolute Gasteiger partial charge is 0.350 e. The van der Waals surface area contributed by atoms with Gasteiger partial charge in [0, 0.05) is 26.6 Å². The third-order valence-electron chi connectivity index (χ3n) is 3.33. The summed E-state index contributed by atoms with van der Waals surface area (Å²) >= 11 is 5.84. The third kappa shape index (κ3) is 5.64. The van der Waals surface area contributed by atoms with Crippen LogP contribution in [0.4, 0.5) is 4.39 Å². The Morgan fingerprint density at radius 3 is 2.59 bits per heavy atom. The van der Waals surface area contributed by atoms with Gasteiger partial charge in [-0.15, -0.1) is 0 Å². The standard InChI is InChI=1S/C16H22ClFN2O2/c1-3-4-5-10-20(12(2)21)11-9-19-16(22)15-13(17)7-6-8-14(15)18/h6-8H,3-5,9-11H2,1-2H3,(H,19,22). The molecular weight excluding hydrogens is 307 g/mol. The lowest BCUT2D eigenvalue weighted by atomic mass is 10.2. The molecule has 0 aliphatic rings. The van der Waals surface area contributed by atoms with E-state index in [0.29, 0.717) is 13.1 Å². The van der Waals surface area contributed by atoms with E-state index < -0.39 is 11.7 Å². The van der Waals surface area contributed by atoms with Crippen molar-refractivity contribution in [3.63, 3.8) is 0 Å². The van der Waals surface area contributed by atoms with Crippen LogP contribution in [-0.4, -0.2) is 36.3 Å². The van der Waals surface area contributed by atoms with Gasteiger partial charge in [0.05, 0.1) is 10.6 Å². The van der Waals surface area contributed by atoms with Gasteiger partial charge in [0.2, 0.25) is 5.91 Å². The van der Waals surface area contributed by atoms with E-state index in [1.807, 2.05) is 0 Å².